The highest BCUT2D eigenvalue weighted by Gasteiger charge is 2.44. The molecule has 352 valence electrons. The fraction of sp³-hybridized carbons (Fsp3) is 0.0286. The summed E-state index contributed by atoms with van der Waals surface area (Å²) in [7, 11) is 0. The van der Waals surface area contributed by atoms with Crippen molar-refractivity contribution in [1.29, 1.82) is 0 Å². The van der Waals surface area contributed by atoms with Crippen molar-refractivity contribution in [2.75, 3.05) is 4.90 Å². The van der Waals surface area contributed by atoms with E-state index >= 15 is 0 Å². The third-order valence-electron chi connectivity index (χ3n) is 15.5. The number of aliphatic imine (C=N–C) groups is 1. The molecule has 4 heterocycles. The molecule has 0 spiro atoms. The molecular formula is C70H47N5. The number of hydrogen-bond acceptors (Lipinski definition) is 3. The Morgan fingerprint density at radius 2 is 0.813 bits per heavy atom. The maximum absolute atomic E-state index is 5.69. The van der Waals surface area contributed by atoms with Crippen LogP contribution in [0.3, 0.4) is 0 Å². The van der Waals surface area contributed by atoms with E-state index in [1.807, 2.05) is 0 Å². The van der Waals surface area contributed by atoms with Crippen molar-refractivity contribution in [2.24, 2.45) is 4.99 Å². The van der Waals surface area contributed by atoms with Crippen LogP contribution in [0.5, 0.6) is 0 Å². The second-order valence-electron chi connectivity index (χ2n) is 19.8. The van der Waals surface area contributed by atoms with Gasteiger partial charge >= 0.3 is 0 Å². The van der Waals surface area contributed by atoms with Crippen LogP contribution >= 0.6 is 0 Å². The summed E-state index contributed by atoms with van der Waals surface area (Å²) in [6.45, 7) is 2.32. The van der Waals surface area contributed by atoms with Gasteiger partial charge in [-0.2, -0.15) is 0 Å². The Morgan fingerprint density at radius 3 is 1.37 bits per heavy atom. The van der Waals surface area contributed by atoms with E-state index in [9.17, 15) is 0 Å². The fourth-order valence-corrected chi connectivity index (χ4v) is 12.0. The molecule has 75 heavy (non-hydrogen) atoms. The fourth-order valence-electron chi connectivity index (χ4n) is 12.0. The van der Waals surface area contributed by atoms with E-state index in [0.717, 1.165) is 101 Å². The predicted molar refractivity (Wildman–Crippen MR) is 311 cm³/mol. The zero-order chi connectivity index (χ0) is 49.6. The Morgan fingerprint density at radius 1 is 0.360 bits per heavy atom. The van der Waals surface area contributed by atoms with Gasteiger partial charge in [-0.3, -0.25) is 13.9 Å². The Balaban J connectivity index is 1.04. The van der Waals surface area contributed by atoms with Crippen LogP contribution in [0.4, 0.5) is 17.1 Å². The molecule has 0 bridgehead atoms. The third-order valence-corrected chi connectivity index (χ3v) is 15.5. The van der Waals surface area contributed by atoms with Gasteiger partial charge in [0.05, 0.1) is 50.7 Å². The van der Waals surface area contributed by atoms with Crippen molar-refractivity contribution >= 4 is 50.7 Å². The lowest BCUT2D eigenvalue weighted by Crippen LogP contribution is -2.24. The molecule has 0 fully saturated rings. The smallest absolute Gasteiger partial charge is 0.220 e. The van der Waals surface area contributed by atoms with Crippen LogP contribution < -0.4 is 4.90 Å². The number of hydrogen-bond donors (Lipinski definition) is 0. The van der Waals surface area contributed by atoms with E-state index in [0.29, 0.717) is 0 Å². The van der Waals surface area contributed by atoms with E-state index in [-0.39, 0.29) is 5.92 Å². The maximum Gasteiger partial charge on any atom is 0.220 e. The van der Waals surface area contributed by atoms with E-state index in [1.54, 1.807) is 0 Å². The van der Waals surface area contributed by atoms with Gasteiger partial charge in [-0.05, 0) is 134 Å². The summed E-state index contributed by atoms with van der Waals surface area (Å²) < 4.78 is 4.82. The highest BCUT2D eigenvalue weighted by molar-refractivity contribution is 6.21. The van der Waals surface area contributed by atoms with E-state index < -0.39 is 0 Å². The number of nitrogens with zero attached hydrogens (tertiary/aromatic N) is 5. The monoisotopic (exact) mass is 957 g/mol. The second kappa shape index (κ2) is 17.2. The van der Waals surface area contributed by atoms with Crippen molar-refractivity contribution in [1.82, 2.24) is 14.0 Å². The van der Waals surface area contributed by atoms with Crippen LogP contribution in [-0.2, 0) is 0 Å². The number of imidazole rings is 2. The Labute approximate surface area is 435 Å². The zero-order valence-electron chi connectivity index (χ0n) is 41.1. The molecule has 13 aromatic rings. The average molecular weight is 958 g/mol. The minimum absolute atomic E-state index is 0.102. The molecule has 11 aromatic carbocycles. The Kier molecular flexibility index (Phi) is 9.79. The first kappa shape index (κ1) is 42.8. The van der Waals surface area contributed by atoms with Crippen LogP contribution in [0, 0.1) is 6.92 Å². The third kappa shape index (κ3) is 6.86. The van der Waals surface area contributed by atoms with Crippen LogP contribution in [-0.4, -0.2) is 19.8 Å². The molecule has 1 atom stereocenters. The molecule has 1 unspecified atom stereocenters. The minimum atomic E-state index is -0.102. The van der Waals surface area contributed by atoms with Crippen LogP contribution in [0.1, 0.15) is 22.6 Å². The summed E-state index contributed by atoms with van der Waals surface area (Å²) >= 11 is 0. The number of anilines is 2. The number of aromatic nitrogens is 3. The van der Waals surface area contributed by atoms with Crippen LogP contribution in [0.15, 0.2) is 266 Å². The summed E-state index contributed by atoms with van der Waals surface area (Å²) in [6, 6.07) is 94.5. The molecule has 0 N–H and O–H groups in total. The number of rotatable bonds is 8. The van der Waals surface area contributed by atoms with Crippen molar-refractivity contribution in [3.05, 3.63) is 278 Å². The first-order valence-electron chi connectivity index (χ1n) is 25.8. The Bertz CT molecular complexity index is 4390. The summed E-state index contributed by atoms with van der Waals surface area (Å²) in [5.74, 6) is 1.75. The lowest BCUT2D eigenvalue weighted by molar-refractivity contribution is 1.09. The van der Waals surface area contributed by atoms with Gasteiger partial charge in [0, 0.05) is 11.1 Å². The van der Waals surface area contributed by atoms with Gasteiger partial charge in [-0.1, -0.05) is 206 Å². The molecule has 5 nitrogen and oxygen atoms in total. The summed E-state index contributed by atoms with van der Waals surface area (Å²) in [4.78, 5) is 13.8. The van der Waals surface area contributed by atoms with Gasteiger partial charge in [-0.25, -0.2) is 9.98 Å². The van der Waals surface area contributed by atoms with Gasteiger partial charge in [0.15, 0.2) is 0 Å². The molecular weight excluding hydrogens is 911 g/mol. The molecule has 0 aliphatic carbocycles. The lowest BCUT2D eigenvalue weighted by Gasteiger charge is -2.29. The van der Waals surface area contributed by atoms with Crippen LogP contribution in [0.2, 0.25) is 0 Å². The number of benzene rings is 11. The van der Waals surface area contributed by atoms with Crippen molar-refractivity contribution in [2.45, 2.75) is 12.8 Å². The highest BCUT2D eigenvalue weighted by Crippen LogP contribution is 2.57. The van der Waals surface area contributed by atoms with Gasteiger partial charge in [-0.15, -0.1) is 0 Å². The summed E-state index contributed by atoms with van der Waals surface area (Å²) in [5.41, 5.74) is 25.8. The topological polar surface area (TPSA) is 37.8 Å². The molecule has 2 aliphatic rings. The van der Waals surface area contributed by atoms with Crippen molar-refractivity contribution in [3.8, 4) is 72.4 Å². The zero-order valence-corrected chi connectivity index (χ0v) is 41.1. The second-order valence-corrected chi connectivity index (χ2v) is 19.8. The number of amidine groups is 1. The Hall–Kier alpha value is -9.84. The van der Waals surface area contributed by atoms with Crippen molar-refractivity contribution < 1.29 is 0 Å². The molecule has 15 rings (SSSR count). The quantitative estimate of drug-likeness (QED) is 0.152. The van der Waals surface area contributed by atoms with Gasteiger partial charge in [0.25, 0.3) is 0 Å². The van der Waals surface area contributed by atoms with Gasteiger partial charge in [0.1, 0.15) is 5.84 Å². The molecule has 0 radical (unpaired) electrons. The molecule has 2 aromatic heterocycles. The van der Waals surface area contributed by atoms with Crippen LogP contribution in [0.25, 0.3) is 100 Å². The highest BCUT2D eigenvalue weighted by atomic mass is 15.3. The SMILES string of the molecule is Cc1c(N2C3=Nc4ccc(-c5ccccc5)cc4C3c3cc(-c4ccccc4)ccc32)c(-c2ccccc2)cc(-c2ccccc2)c1-n1c2ccc(-c3ccccc3)cc2n2c3cc(-c4ccccc4)ccc3nc12. The summed E-state index contributed by atoms with van der Waals surface area (Å²) in [5, 5.41) is 0. The first-order valence-corrected chi connectivity index (χ1v) is 25.8. The largest absolute Gasteiger partial charge is 0.296 e. The van der Waals surface area contributed by atoms with Gasteiger partial charge in [0.2, 0.25) is 5.78 Å². The van der Waals surface area contributed by atoms with E-state index in [4.69, 9.17) is 9.98 Å². The van der Waals surface area contributed by atoms with E-state index in [1.165, 1.54) is 38.9 Å². The maximum atomic E-state index is 5.69. The first-order chi connectivity index (χ1) is 37.1. The van der Waals surface area contributed by atoms with Crippen molar-refractivity contribution in [3.63, 3.8) is 0 Å². The minimum Gasteiger partial charge on any atom is -0.296 e. The molecule has 0 saturated heterocycles. The molecule has 0 saturated carbocycles. The van der Waals surface area contributed by atoms with Gasteiger partial charge < -0.3 is 0 Å². The summed E-state index contributed by atoms with van der Waals surface area (Å²) in [6.07, 6.45) is 0. The molecule has 0 amide bonds. The normalized spacial score (nSPS) is 13.6. The predicted octanol–water partition coefficient (Wildman–Crippen LogP) is 18.1. The lowest BCUT2D eigenvalue weighted by atomic mass is 9.89. The molecule has 5 heteroatoms. The van der Waals surface area contributed by atoms with E-state index in [2.05, 4.69) is 282 Å². The molecule has 2 aliphatic heterocycles. The average Bonchev–Trinajstić information content (AvgIpc) is 4.29. The number of fused-ring (bicyclic) bond motifs is 10. The standard InChI is InChI=1S/C70H47N5/c1-45-67(74-62-38-34-53(47-22-10-3-11-23-47)41-59(62)66-58-40-52(46-20-8-2-9-21-46)32-36-60(58)71-69(66)74)56(50-28-16-6-17-29-50)44-57(51-30-18-7-19-31-51)68(45)75-63-39-35-55(49-26-14-5-15-27-49)43-65(63)73-64-42-54(48-24-12-4-13-25-48)33-37-61(64)72-70(73)75/h2-44,66H,1H3.